The SMILES string of the molecule is CC(C)CCC[C@@H](C)[C@H]1CC[C@H]2[C@@H]3CC=C4C[C@@H](ONCCO)CC[C@]4(C)[C@H]3CC[C@]12C. The summed E-state index contributed by atoms with van der Waals surface area (Å²) in [4.78, 5) is 5.88. The Morgan fingerprint density at radius 3 is 2.62 bits per heavy atom. The third kappa shape index (κ3) is 4.60. The van der Waals surface area contributed by atoms with E-state index in [1.54, 1.807) is 5.57 Å². The van der Waals surface area contributed by atoms with Crippen LogP contribution in [0.15, 0.2) is 11.6 Å². The number of aliphatic hydroxyl groups is 1. The van der Waals surface area contributed by atoms with Crippen molar-refractivity contribution in [1.29, 1.82) is 0 Å². The highest BCUT2D eigenvalue weighted by atomic mass is 16.7. The Hall–Kier alpha value is -0.380. The van der Waals surface area contributed by atoms with Crippen LogP contribution in [0.25, 0.3) is 0 Å². The first kappa shape index (κ1) is 24.7. The first-order valence-corrected chi connectivity index (χ1v) is 14.0. The van der Waals surface area contributed by atoms with Crippen molar-refractivity contribution in [3.63, 3.8) is 0 Å². The molecule has 3 heteroatoms. The van der Waals surface area contributed by atoms with E-state index in [1.165, 1.54) is 57.8 Å². The summed E-state index contributed by atoms with van der Waals surface area (Å²) in [5, 5.41) is 9.01. The zero-order valence-corrected chi connectivity index (χ0v) is 21.7. The van der Waals surface area contributed by atoms with Gasteiger partial charge in [0.25, 0.3) is 0 Å². The van der Waals surface area contributed by atoms with Crippen molar-refractivity contribution < 1.29 is 9.94 Å². The first-order valence-electron chi connectivity index (χ1n) is 14.0. The Bertz CT molecular complexity index is 660. The highest BCUT2D eigenvalue weighted by molar-refractivity contribution is 5.25. The second-order valence-electron chi connectivity index (χ2n) is 12.9. The highest BCUT2D eigenvalue weighted by Crippen LogP contribution is 2.67. The molecule has 0 bridgehead atoms. The van der Waals surface area contributed by atoms with Gasteiger partial charge in [-0.2, -0.15) is 5.48 Å². The smallest absolute Gasteiger partial charge is 0.0827 e. The van der Waals surface area contributed by atoms with Crippen LogP contribution in [0.5, 0.6) is 0 Å². The van der Waals surface area contributed by atoms with Gasteiger partial charge in [0, 0.05) is 6.54 Å². The fourth-order valence-electron chi connectivity index (χ4n) is 8.98. The third-order valence-electron chi connectivity index (χ3n) is 10.7. The minimum atomic E-state index is 0.133. The number of rotatable bonds is 9. The average Bonchev–Trinajstić information content (AvgIpc) is 3.11. The van der Waals surface area contributed by atoms with E-state index in [0.717, 1.165) is 48.3 Å². The van der Waals surface area contributed by atoms with Crippen LogP contribution in [0.1, 0.15) is 105 Å². The van der Waals surface area contributed by atoms with Gasteiger partial charge >= 0.3 is 0 Å². The molecule has 8 atom stereocenters. The third-order valence-corrected chi connectivity index (χ3v) is 10.7. The molecule has 0 spiro atoms. The fraction of sp³-hybridized carbons (Fsp3) is 0.931. The van der Waals surface area contributed by atoms with E-state index in [9.17, 15) is 0 Å². The molecule has 0 aromatic carbocycles. The van der Waals surface area contributed by atoms with Crippen molar-refractivity contribution in [2.24, 2.45) is 46.3 Å². The van der Waals surface area contributed by atoms with Crippen LogP contribution in [0.3, 0.4) is 0 Å². The van der Waals surface area contributed by atoms with Crippen LogP contribution in [-0.2, 0) is 4.84 Å². The molecule has 3 nitrogen and oxygen atoms in total. The maximum atomic E-state index is 9.01. The largest absolute Gasteiger partial charge is 0.395 e. The van der Waals surface area contributed by atoms with Crippen molar-refractivity contribution in [3.05, 3.63) is 11.6 Å². The van der Waals surface area contributed by atoms with E-state index in [-0.39, 0.29) is 12.7 Å². The molecule has 4 aliphatic carbocycles. The summed E-state index contributed by atoms with van der Waals surface area (Å²) in [5.74, 6) is 5.40. The van der Waals surface area contributed by atoms with Gasteiger partial charge in [0.1, 0.15) is 0 Å². The summed E-state index contributed by atoms with van der Waals surface area (Å²) in [6.07, 6.45) is 17.8. The van der Waals surface area contributed by atoms with Crippen LogP contribution in [0.4, 0.5) is 0 Å². The Morgan fingerprint density at radius 2 is 1.88 bits per heavy atom. The monoisotopic (exact) mass is 445 g/mol. The minimum absolute atomic E-state index is 0.133. The molecule has 0 unspecified atom stereocenters. The van der Waals surface area contributed by atoms with Gasteiger partial charge in [-0.25, -0.2) is 0 Å². The van der Waals surface area contributed by atoms with Gasteiger partial charge < -0.3 is 5.11 Å². The molecular weight excluding hydrogens is 394 g/mol. The standard InChI is InChI=1S/C29H51NO2/c1-20(2)7-6-8-21(3)25-11-12-26-24-10-9-22-19-23(32-30-17-18-31)13-15-28(22,4)27(24)14-16-29(25,26)5/h9,20-21,23-27,30-31H,6-8,10-19H2,1-5H3/t21-,23+,24+,25-,26+,27+,28+,29-/m1/s1. The molecule has 184 valence electrons. The zero-order chi connectivity index (χ0) is 22.9. The number of hydrogen-bond acceptors (Lipinski definition) is 3. The summed E-state index contributed by atoms with van der Waals surface area (Å²) < 4.78 is 0. The molecular formula is C29H51NO2. The van der Waals surface area contributed by atoms with Gasteiger partial charge in [-0.05, 0) is 97.7 Å². The average molecular weight is 446 g/mol. The number of fused-ring (bicyclic) bond motifs is 5. The molecule has 4 aliphatic rings. The van der Waals surface area contributed by atoms with Crippen molar-refractivity contribution in [2.75, 3.05) is 13.2 Å². The minimum Gasteiger partial charge on any atom is -0.395 e. The van der Waals surface area contributed by atoms with Gasteiger partial charge in [0.05, 0.1) is 12.7 Å². The van der Waals surface area contributed by atoms with E-state index in [2.05, 4.69) is 46.2 Å². The van der Waals surface area contributed by atoms with Gasteiger partial charge in [-0.1, -0.05) is 65.5 Å². The molecule has 0 aromatic rings. The molecule has 0 heterocycles. The lowest BCUT2D eigenvalue weighted by Crippen LogP contribution is -2.51. The predicted molar refractivity (Wildman–Crippen MR) is 133 cm³/mol. The fourth-order valence-corrected chi connectivity index (χ4v) is 8.98. The molecule has 2 N–H and O–H groups in total. The van der Waals surface area contributed by atoms with Crippen molar-refractivity contribution >= 4 is 0 Å². The Balaban J connectivity index is 1.42. The van der Waals surface area contributed by atoms with E-state index in [4.69, 9.17) is 9.94 Å². The van der Waals surface area contributed by atoms with Gasteiger partial charge in [-0.15, -0.1) is 0 Å². The van der Waals surface area contributed by atoms with Crippen molar-refractivity contribution in [3.8, 4) is 0 Å². The molecule has 0 aliphatic heterocycles. The van der Waals surface area contributed by atoms with Crippen LogP contribution in [0, 0.1) is 46.3 Å². The lowest BCUT2D eigenvalue weighted by atomic mass is 9.47. The number of hydrogen-bond donors (Lipinski definition) is 2. The molecule has 0 aromatic heterocycles. The normalized spacial score (nSPS) is 42.2. The van der Waals surface area contributed by atoms with Gasteiger partial charge in [-0.3, -0.25) is 4.84 Å². The summed E-state index contributed by atoms with van der Waals surface area (Å²) >= 11 is 0. The lowest BCUT2D eigenvalue weighted by Gasteiger charge is -2.58. The summed E-state index contributed by atoms with van der Waals surface area (Å²) in [6.45, 7) is 13.3. The van der Waals surface area contributed by atoms with E-state index < -0.39 is 0 Å². The van der Waals surface area contributed by atoms with Crippen LogP contribution >= 0.6 is 0 Å². The van der Waals surface area contributed by atoms with Gasteiger partial charge in [0.15, 0.2) is 0 Å². The molecule has 3 saturated carbocycles. The molecule has 32 heavy (non-hydrogen) atoms. The molecule has 4 rings (SSSR count). The Morgan fingerprint density at radius 1 is 1.06 bits per heavy atom. The lowest BCUT2D eigenvalue weighted by molar-refractivity contribution is -0.0816. The summed E-state index contributed by atoms with van der Waals surface area (Å²) in [5.41, 5.74) is 5.61. The summed E-state index contributed by atoms with van der Waals surface area (Å²) in [6, 6.07) is 0. The molecule has 3 fully saturated rings. The molecule has 0 amide bonds. The van der Waals surface area contributed by atoms with Crippen molar-refractivity contribution in [2.45, 2.75) is 111 Å². The summed E-state index contributed by atoms with van der Waals surface area (Å²) in [7, 11) is 0. The topological polar surface area (TPSA) is 41.5 Å². The Labute approximate surface area is 198 Å². The zero-order valence-electron chi connectivity index (χ0n) is 21.7. The second kappa shape index (κ2) is 10.1. The maximum absolute atomic E-state index is 9.01. The highest BCUT2D eigenvalue weighted by Gasteiger charge is 2.59. The second-order valence-corrected chi connectivity index (χ2v) is 12.9. The van der Waals surface area contributed by atoms with Crippen LogP contribution < -0.4 is 5.48 Å². The first-order chi connectivity index (χ1) is 15.3. The van der Waals surface area contributed by atoms with E-state index in [0.29, 0.717) is 17.4 Å². The predicted octanol–water partition coefficient (Wildman–Crippen LogP) is 6.91. The van der Waals surface area contributed by atoms with Gasteiger partial charge in [0.2, 0.25) is 0 Å². The number of allylic oxidation sites excluding steroid dienone is 1. The van der Waals surface area contributed by atoms with E-state index >= 15 is 0 Å². The van der Waals surface area contributed by atoms with Crippen LogP contribution in [-0.4, -0.2) is 24.4 Å². The quantitative estimate of drug-likeness (QED) is 0.230. The van der Waals surface area contributed by atoms with Crippen molar-refractivity contribution in [1.82, 2.24) is 5.48 Å². The number of aliphatic hydroxyl groups excluding tert-OH is 1. The molecule has 0 radical (unpaired) electrons. The van der Waals surface area contributed by atoms with E-state index in [1.807, 2.05) is 0 Å². The molecule has 0 saturated heterocycles. The number of nitrogens with one attached hydrogen (secondary N) is 1. The maximum Gasteiger partial charge on any atom is 0.0827 e. The Kier molecular flexibility index (Phi) is 7.79. The number of hydroxylamine groups is 1. The van der Waals surface area contributed by atoms with Crippen LogP contribution in [0.2, 0.25) is 0 Å².